The van der Waals surface area contributed by atoms with E-state index in [1.165, 1.54) is 51.4 Å². The van der Waals surface area contributed by atoms with Crippen LogP contribution >= 0.6 is 0 Å². The molecule has 5 aliphatic rings. The fraction of sp³-hybridized carbons (Fsp3) is 0.968. The van der Waals surface area contributed by atoms with Crippen molar-refractivity contribution in [2.75, 3.05) is 0 Å². The van der Waals surface area contributed by atoms with Gasteiger partial charge in [-0.15, -0.1) is 0 Å². The molecule has 0 spiro atoms. The van der Waals surface area contributed by atoms with Crippen molar-refractivity contribution >= 4 is 5.97 Å². The average Bonchev–Trinajstić information content (AvgIpc) is 3.01. The van der Waals surface area contributed by atoms with Gasteiger partial charge in [0.15, 0.2) is 0 Å². The van der Waals surface area contributed by atoms with Crippen LogP contribution in [-0.2, 0) is 9.53 Å². The fourth-order valence-corrected chi connectivity index (χ4v) is 10.4. The van der Waals surface area contributed by atoms with Gasteiger partial charge >= 0.3 is 5.97 Å². The molecule has 0 amide bonds. The first kappa shape index (κ1) is 26.5. The van der Waals surface area contributed by atoms with Crippen LogP contribution in [0, 0.1) is 45.3 Å². The molecule has 0 aromatic rings. The number of aliphatic hydroxyl groups is 1. The molecule has 5 fully saturated rings. The van der Waals surface area contributed by atoms with Gasteiger partial charge in [0, 0.05) is 5.92 Å². The van der Waals surface area contributed by atoms with E-state index in [9.17, 15) is 9.90 Å². The summed E-state index contributed by atoms with van der Waals surface area (Å²) in [4.78, 5) is 11.8. The summed E-state index contributed by atoms with van der Waals surface area (Å²) in [5, 5.41) is 10.5. The van der Waals surface area contributed by atoms with Crippen molar-refractivity contribution in [1.82, 2.24) is 0 Å². The molecular formula is C31H54O3. The summed E-state index contributed by atoms with van der Waals surface area (Å²) in [5.41, 5.74) is 0.941. The normalized spacial score (nSPS) is 51.2. The summed E-state index contributed by atoms with van der Waals surface area (Å²) in [6.07, 6.45) is 13.1. The molecule has 4 saturated carbocycles. The fourth-order valence-electron chi connectivity index (χ4n) is 10.4. The minimum Gasteiger partial charge on any atom is -0.459 e. The van der Waals surface area contributed by atoms with Crippen molar-refractivity contribution in [3.63, 3.8) is 0 Å². The van der Waals surface area contributed by atoms with E-state index < -0.39 is 5.60 Å². The molecule has 196 valence electrons. The maximum absolute atomic E-state index is 11.8. The third-order valence-electron chi connectivity index (χ3n) is 12.6. The monoisotopic (exact) mass is 474 g/mol. The van der Waals surface area contributed by atoms with Gasteiger partial charge in [-0.25, -0.2) is 0 Å². The zero-order valence-electron chi connectivity index (χ0n) is 23.9. The maximum Gasteiger partial charge on any atom is 0.306 e. The van der Waals surface area contributed by atoms with Gasteiger partial charge in [0.1, 0.15) is 5.60 Å². The molecule has 0 radical (unpaired) electrons. The minimum atomic E-state index is -0.446. The molecule has 5 rings (SSSR count). The highest BCUT2D eigenvalue weighted by Crippen LogP contribution is 2.65. The van der Waals surface area contributed by atoms with Gasteiger partial charge < -0.3 is 9.84 Å². The number of fused-ring (bicyclic) bond motifs is 4. The SMILES string of the molecule is CC1(C)CCC[C@@]2(C)C1CC[C@]1(C)OC(=O)C[C@H]21.C[C@H]1[C@@](C)(O)CCC2C(C)(C)CCC[C@@]21C. The van der Waals surface area contributed by atoms with Crippen molar-refractivity contribution in [2.45, 2.75) is 144 Å². The Bertz CT molecular complexity index is 796. The zero-order chi connectivity index (χ0) is 25.4. The Morgan fingerprint density at radius 1 is 0.706 bits per heavy atom. The molecule has 1 heterocycles. The van der Waals surface area contributed by atoms with Crippen LogP contribution in [0.2, 0.25) is 0 Å². The molecule has 4 aliphatic carbocycles. The zero-order valence-corrected chi connectivity index (χ0v) is 23.9. The number of carbonyl (C=O) groups is 1. The van der Waals surface area contributed by atoms with Gasteiger partial charge in [-0.05, 0) is 105 Å². The number of rotatable bonds is 0. The maximum atomic E-state index is 11.8. The minimum absolute atomic E-state index is 0.0350. The number of hydrogen-bond acceptors (Lipinski definition) is 3. The Morgan fingerprint density at radius 3 is 1.79 bits per heavy atom. The first-order valence-electron chi connectivity index (χ1n) is 14.4. The van der Waals surface area contributed by atoms with Gasteiger partial charge in [-0.1, -0.05) is 61.3 Å². The smallest absolute Gasteiger partial charge is 0.306 e. The van der Waals surface area contributed by atoms with Gasteiger partial charge in [0.2, 0.25) is 0 Å². The predicted molar refractivity (Wildman–Crippen MR) is 139 cm³/mol. The summed E-state index contributed by atoms with van der Waals surface area (Å²) in [6, 6.07) is 0. The lowest BCUT2D eigenvalue weighted by Crippen LogP contribution is -2.56. The summed E-state index contributed by atoms with van der Waals surface area (Å²) < 4.78 is 5.70. The molecule has 0 bridgehead atoms. The molecule has 1 saturated heterocycles. The van der Waals surface area contributed by atoms with Crippen LogP contribution in [0.25, 0.3) is 0 Å². The summed E-state index contributed by atoms with van der Waals surface area (Å²) in [7, 11) is 0. The number of esters is 1. The van der Waals surface area contributed by atoms with Crippen molar-refractivity contribution in [3.8, 4) is 0 Å². The summed E-state index contributed by atoms with van der Waals surface area (Å²) in [5.74, 6) is 2.46. The Kier molecular flexibility index (Phi) is 6.40. The third-order valence-corrected chi connectivity index (χ3v) is 12.6. The van der Waals surface area contributed by atoms with E-state index in [0.717, 1.165) is 24.7 Å². The second-order valence-corrected chi connectivity index (χ2v) is 15.5. The number of carbonyl (C=O) groups excluding carboxylic acids is 1. The van der Waals surface area contributed by atoms with E-state index in [-0.39, 0.29) is 11.6 Å². The molecule has 3 nitrogen and oxygen atoms in total. The van der Waals surface area contributed by atoms with Crippen molar-refractivity contribution in [2.24, 2.45) is 45.3 Å². The Hall–Kier alpha value is -0.570. The molecule has 1 aliphatic heterocycles. The predicted octanol–water partition coefficient (Wildman–Crippen LogP) is 7.93. The highest BCUT2D eigenvalue weighted by molar-refractivity contribution is 5.73. The third kappa shape index (κ3) is 4.08. The largest absolute Gasteiger partial charge is 0.459 e. The lowest BCUT2D eigenvalue weighted by molar-refractivity contribution is -0.164. The molecular weight excluding hydrogens is 420 g/mol. The van der Waals surface area contributed by atoms with Gasteiger partial charge in [0.25, 0.3) is 0 Å². The van der Waals surface area contributed by atoms with Crippen LogP contribution in [0.3, 0.4) is 0 Å². The second-order valence-electron chi connectivity index (χ2n) is 15.5. The van der Waals surface area contributed by atoms with E-state index in [0.29, 0.717) is 39.9 Å². The van der Waals surface area contributed by atoms with E-state index in [1.54, 1.807) is 0 Å². The summed E-state index contributed by atoms with van der Waals surface area (Å²) >= 11 is 0. The lowest BCUT2D eigenvalue weighted by atomic mass is 9.45. The highest BCUT2D eigenvalue weighted by Gasteiger charge is 2.62. The molecule has 34 heavy (non-hydrogen) atoms. The van der Waals surface area contributed by atoms with E-state index in [1.807, 2.05) is 6.92 Å². The van der Waals surface area contributed by atoms with Crippen LogP contribution in [0.1, 0.15) is 133 Å². The van der Waals surface area contributed by atoms with Crippen molar-refractivity contribution in [1.29, 1.82) is 0 Å². The Balaban J connectivity index is 0.000000162. The van der Waals surface area contributed by atoms with Crippen LogP contribution in [0.4, 0.5) is 0 Å². The molecule has 3 heteroatoms. The Labute approximate surface area is 210 Å². The molecule has 2 unspecified atom stereocenters. The van der Waals surface area contributed by atoms with E-state index >= 15 is 0 Å². The number of ether oxygens (including phenoxy) is 1. The van der Waals surface area contributed by atoms with E-state index in [2.05, 4.69) is 55.4 Å². The van der Waals surface area contributed by atoms with E-state index in [4.69, 9.17) is 4.74 Å². The summed E-state index contributed by atoms with van der Waals surface area (Å²) in [6.45, 7) is 21.1. The van der Waals surface area contributed by atoms with Crippen LogP contribution in [0.5, 0.6) is 0 Å². The first-order valence-corrected chi connectivity index (χ1v) is 14.4. The topological polar surface area (TPSA) is 46.5 Å². The Morgan fingerprint density at radius 2 is 1.21 bits per heavy atom. The molecule has 8 atom stereocenters. The van der Waals surface area contributed by atoms with Crippen LogP contribution < -0.4 is 0 Å². The highest BCUT2D eigenvalue weighted by atomic mass is 16.6. The second kappa shape index (κ2) is 8.22. The first-order chi connectivity index (χ1) is 15.5. The van der Waals surface area contributed by atoms with Crippen LogP contribution in [-0.4, -0.2) is 22.3 Å². The molecule has 0 aromatic carbocycles. The van der Waals surface area contributed by atoms with Crippen molar-refractivity contribution < 1.29 is 14.6 Å². The molecule has 1 N–H and O–H groups in total. The average molecular weight is 475 g/mol. The van der Waals surface area contributed by atoms with Gasteiger partial charge in [0.05, 0.1) is 12.0 Å². The lowest BCUT2D eigenvalue weighted by Gasteiger charge is -2.60. The van der Waals surface area contributed by atoms with Crippen molar-refractivity contribution in [3.05, 3.63) is 0 Å². The quantitative estimate of drug-likeness (QED) is 0.362. The van der Waals surface area contributed by atoms with Gasteiger partial charge in [-0.3, -0.25) is 4.79 Å². The van der Waals surface area contributed by atoms with Crippen LogP contribution in [0.15, 0.2) is 0 Å². The molecule has 0 aromatic heterocycles. The van der Waals surface area contributed by atoms with Gasteiger partial charge in [-0.2, -0.15) is 0 Å². The standard InChI is InChI=1S/C16H26O2.C15H28O/c1-14(2)7-5-8-15(3)11(14)6-9-16(4)12(15)10-13(17)18-16;1-11-14(4)9-6-8-13(2,3)12(14)7-10-15(11,5)16/h11-12H,5-10H2,1-4H3;11-12,16H,6-10H2,1-5H3/t11?,12-,15+,16+;11-,12?,14-,15+/m11/s1. The number of hydrogen-bond donors (Lipinski definition) is 1.